The Morgan fingerprint density at radius 1 is 1.30 bits per heavy atom. The summed E-state index contributed by atoms with van der Waals surface area (Å²) in [6, 6.07) is 1.77. The molecule has 53 valence electrons. The van der Waals surface area contributed by atoms with E-state index in [0.29, 0.717) is 0 Å². The lowest BCUT2D eigenvalue weighted by Gasteiger charge is -1.97. The SMILES string of the molecule is [CH2]c1c(F)cc(F)cc1Cl. The molecular weight excluding hydrogens is 158 g/mol. The molecule has 0 aliphatic heterocycles. The third kappa shape index (κ3) is 1.27. The van der Waals surface area contributed by atoms with Crippen LogP contribution in [-0.2, 0) is 0 Å². The number of benzene rings is 1. The zero-order valence-corrected chi connectivity index (χ0v) is 5.75. The van der Waals surface area contributed by atoms with E-state index in [9.17, 15) is 8.78 Å². The molecule has 0 fully saturated rings. The van der Waals surface area contributed by atoms with Crippen molar-refractivity contribution in [1.29, 1.82) is 0 Å². The smallest absolute Gasteiger partial charge is 0.130 e. The standard InChI is InChI=1S/C7H4ClF2/c1-4-6(8)2-5(9)3-7(4)10/h2-3H,1H2. The molecule has 0 spiro atoms. The quantitative estimate of drug-likeness (QED) is 0.549. The molecule has 1 radical (unpaired) electrons. The second-order valence-corrected chi connectivity index (χ2v) is 2.26. The van der Waals surface area contributed by atoms with E-state index in [1.165, 1.54) is 0 Å². The van der Waals surface area contributed by atoms with Gasteiger partial charge in [0.15, 0.2) is 0 Å². The van der Waals surface area contributed by atoms with E-state index in [1.54, 1.807) is 0 Å². The summed E-state index contributed by atoms with van der Waals surface area (Å²) in [5.41, 5.74) is 0.0306. The second-order valence-electron chi connectivity index (χ2n) is 1.85. The van der Waals surface area contributed by atoms with Gasteiger partial charge in [-0.2, -0.15) is 0 Å². The average Bonchev–Trinajstić information content (AvgIpc) is 1.82. The predicted octanol–water partition coefficient (Wildman–Crippen LogP) is 2.80. The number of hydrogen-bond donors (Lipinski definition) is 0. The van der Waals surface area contributed by atoms with Crippen molar-refractivity contribution >= 4 is 11.6 Å². The maximum Gasteiger partial charge on any atom is 0.130 e. The van der Waals surface area contributed by atoms with Gasteiger partial charge in [-0.15, -0.1) is 0 Å². The predicted molar refractivity (Wildman–Crippen MR) is 35.8 cm³/mol. The van der Waals surface area contributed by atoms with Gasteiger partial charge < -0.3 is 0 Å². The van der Waals surface area contributed by atoms with Crippen LogP contribution in [0.2, 0.25) is 5.02 Å². The van der Waals surface area contributed by atoms with Gasteiger partial charge in [-0.25, -0.2) is 8.78 Å². The molecular formula is C7H4ClF2. The summed E-state index contributed by atoms with van der Waals surface area (Å²) in [5, 5.41) is 0.0116. The van der Waals surface area contributed by atoms with Gasteiger partial charge in [0.1, 0.15) is 11.6 Å². The highest BCUT2D eigenvalue weighted by Gasteiger charge is 2.03. The van der Waals surface area contributed by atoms with Crippen LogP contribution in [0.15, 0.2) is 12.1 Å². The van der Waals surface area contributed by atoms with Crippen molar-refractivity contribution in [3.05, 3.63) is 41.3 Å². The van der Waals surface area contributed by atoms with Crippen LogP contribution in [0.25, 0.3) is 0 Å². The highest BCUT2D eigenvalue weighted by atomic mass is 35.5. The van der Waals surface area contributed by atoms with Crippen LogP contribution >= 0.6 is 11.6 Å². The molecule has 0 nitrogen and oxygen atoms in total. The fourth-order valence-corrected chi connectivity index (χ4v) is 0.767. The summed E-state index contributed by atoms with van der Waals surface area (Å²) in [6.45, 7) is 3.29. The van der Waals surface area contributed by atoms with Gasteiger partial charge in [0.05, 0.1) is 0 Å². The molecule has 0 heterocycles. The molecule has 0 bridgehead atoms. The van der Waals surface area contributed by atoms with Crippen molar-refractivity contribution in [2.24, 2.45) is 0 Å². The molecule has 0 atom stereocenters. The van der Waals surface area contributed by atoms with Crippen LogP contribution in [0, 0.1) is 18.6 Å². The average molecular weight is 162 g/mol. The summed E-state index contributed by atoms with van der Waals surface area (Å²) < 4.78 is 24.7. The van der Waals surface area contributed by atoms with Gasteiger partial charge in [-0.1, -0.05) is 11.6 Å². The summed E-state index contributed by atoms with van der Waals surface area (Å²) in [5.74, 6) is -1.40. The maximum absolute atomic E-state index is 12.5. The Hall–Kier alpha value is -0.630. The minimum absolute atomic E-state index is 0.0116. The van der Waals surface area contributed by atoms with E-state index < -0.39 is 11.6 Å². The van der Waals surface area contributed by atoms with Crippen molar-refractivity contribution in [3.8, 4) is 0 Å². The zero-order valence-electron chi connectivity index (χ0n) is 5.00. The molecule has 0 N–H and O–H groups in total. The lowest BCUT2D eigenvalue weighted by atomic mass is 10.2. The fraction of sp³-hybridized carbons (Fsp3) is 0. The Bertz CT molecular complexity index is 235. The third-order valence-electron chi connectivity index (χ3n) is 1.11. The first-order valence-corrected chi connectivity index (χ1v) is 2.95. The minimum atomic E-state index is -0.718. The summed E-state index contributed by atoms with van der Waals surface area (Å²) in [4.78, 5) is 0. The van der Waals surface area contributed by atoms with E-state index in [2.05, 4.69) is 6.92 Å². The maximum atomic E-state index is 12.5. The molecule has 0 saturated heterocycles. The van der Waals surface area contributed by atoms with Gasteiger partial charge in [0, 0.05) is 16.7 Å². The molecule has 3 heteroatoms. The van der Waals surface area contributed by atoms with Gasteiger partial charge in [-0.05, 0) is 13.0 Å². The van der Waals surface area contributed by atoms with Crippen LogP contribution in [0.3, 0.4) is 0 Å². The Morgan fingerprint density at radius 3 is 2.40 bits per heavy atom. The first-order chi connectivity index (χ1) is 4.61. The first-order valence-electron chi connectivity index (χ1n) is 2.58. The van der Waals surface area contributed by atoms with Crippen molar-refractivity contribution in [2.75, 3.05) is 0 Å². The molecule has 0 unspecified atom stereocenters. The van der Waals surface area contributed by atoms with Crippen LogP contribution < -0.4 is 0 Å². The third-order valence-corrected chi connectivity index (χ3v) is 1.44. The Labute approximate surface area is 62.4 Å². The summed E-state index contributed by atoms with van der Waals surface area (Å²) >= 11 is 5.38. The molecule has 10 heavy (non-hydrogen) atoms. The van der Waals surface area contributed by atoms with Gasteiger partial charge >= 0.3 is 0 Å². The number of hydrogen-bond acceptors (Lipinski definition) is 0. The Balaban J connectivity index is 3.31. The monoisotopic (exact) mass is 161 g/mol. The number of halogens is 3. The number of rotatable bonds is 0. The largest absolute Gasteiger partial charge is 0.207 e. The molecule has 0 saturated carbocycles. The molecule has 0 aliphatic rings. The van der Waals surface area contributed by atoms with Gasteiger partial charge in [0.2, 0.25) is 0 Å². The molecule has 1 aromatic rings. The van der Waals surface area contributed by atoms with Gasteiger partial charge in [-0.3, -0.25) is 0 Å². The molecule has 0 aliphatic carbocycles. The second kappa shape index (κ2) is 2.54. The molecule has 0 aromatic heterocycles. The zero-order chi connectivity index (χ0) is 7.72. The van der Waals surface area contributed by atoms with E-state index in [1.807, 2.05) is 0 Å². The van der Waals surface area contributed by atoms with Crippen molar-refractivity contribution in [1.82, 2.24) is 0 Å². The van der Waals surface area contributed by atoms with E-state index in [0.717, 1.165) is 12.1 Å². The Morgan fingerprint density at radius 2 is 1.90 bits per heavy atom. The summed E-state index contributed by atoms with van der Waals surface area (Å²) in [7, 11) is 0. The van der Waals surface area contributed by atoms with Gasteiger partial charge in [0.25, 0.3) is 0 Å². The van der Waals surface area contributed by atoms with Crippen LogP contribution in [0.5, 0.6) is 0 Å². The van der Waals surface area contributed by atoms with Crippen LogP contribution in [0.1, 0.15) is 5.56 Å². The van der Waals surface area contributed by atoms with E-state index in [-0.39, 0.29) is 10.6 Å². The topological polar surface area (TPSA) is 0 Å². The van der Waals surface area contributed by atoms with Crippen LogP contribution in [0.4, 0.5) is 8.78 Å². The van der Waals surface area contributed by atoms with Crippen LogP contribution in [-0.4, -0.2) is 0 Å². The van der Waals surface area contributed by atoms with Crippen molar-refractivity contribution < 1.29 is 8.78 Å². The fourth-order valence-electron chi connectivity index (χ4n) is 0.572. The lowest BCUT2D eigenvalue weighted by molar-refractivity contribution is 0.580. The van der Waals surface area contributed by atoms with E-state index >= 15 is 0 Å². The van der Waals surface area contributed by atoms with Crippen molar-refractivity contribution in [3.63, 3.8) is 0 Å². The highest BCUT2D eigenvalue weighted by molar-refractivity contribution is 6.31. The highest BCUT2D eigenvalue weighted by Crippen LogP contribution is 2.19. The summed E-state index contributed by atoms with van der Waals surface area (Å²) in [6.07, 6.45) is 0. The molecule has 0 amide bonds. The normalized spacial score (nSPS) is 10.0. The first kappa shape index (κ1) is 7.48. The molecule has 1 rings (SSSR count). The Kier molecular flexibility index (Phi) is 1.90. The van der Waals surface area contributed by atoms with E-state index in [4.69, 9.17) is 11.6 Å². The minimum Gasteiger partial charge on any atom is -0.207 e. The van der Waals surface area contributed by atoms with Crippen molar-refractivity contribution in [2.45, 2.75) is 0 Å². The molecule has 1 aromatic carbocycles. The lowest BCUT2D eigenvalue weighted by Crippen LogP contribution is -1.85.